The van der Waals surface area contributed by atoms with Crippen LogP contribution in [0.3, 0.4) is 0 Å². The van der Waals surface area contributed by atoms with Crippen LogP contribution in [0, 0.1) is 0 Å². The Morgan fingerprint density at radius 3 is 2.87 bits per heavy atom. The molecular formula is C16H17ClN4O2. The number of carbonyl (C=O) groups excluding carboxylic acids is 1. The number of aromatic amines is 1. The highest BCUT2D eigenvalue weighted by molar-refractivity contribution is 6.31. The second kappa shape index (κ2) is 6.42. The van der Waals surface area contributed by atoms with Crippen LogP contribution < -0.4 is 10.9 Å². The second-order valence-corrected chi connectivity index (χ2v) is 6.05. The third-order valence-electron chi connectivity index (χ3n) is 3.92. The first kappa shape index (κ1) is 15.6. The maximum Gasteiger partial charge on any atom is 0.252 e. The molecule has 1 fully saturated rings. The summed E-state index contributed by atoms with van der Waals surface area (Å²) in [6, 6.07) is 8.93. The molecule has 120 valence electrons. The summed E-state index contributed by atoms with van der Waals surface area (Å²) in [4.78, 5) is 32.3. The highest BCUT2D eigenvalue weighted by atomic mass is 35.5. The Morgan fingerprint density at radius 1 is 1.39 bits per heavy atom. The van der Waals surface area contributed by atoms with Crippen molar-refractivity contribution in [3.63, 3.8) is 0 Å². The van der Waals surface area contributed by atoms with Gasteiger partial charge in [-0.05, 0) is 11.6 Å². The predicted octanol–water partition coefficient (Wildman–Crippen LogP) is 1.98. The van der Waals surface area contributed by atoms with Crippen molar-refractivity contribution in [3.05, 3.63) is 57.0 Å². The van der Waals surface area contributed by atoms with Gasteiger partial charge in [0, 0.05) is 43.6 Å². The van der Waals surface area contributed by atoms with Gasteiger partial charge >= 0.3 is 0 Å². The van der Waals surface area contributed by atoms with Crippen LogP contribution in [0.4, 0.5) is 5.95 Å². The van der Waals surface area contributed by atoms with Gasteiger partial charge in [0.2, 0.25) is 11.9 Å². The summed E-state index contributed by atoms with van der Waals surface area (Å²) < 4.78 is 0. The smallest absolute Gasteiger partial charge is 0.252 e. The van der Waals surface area contributed by atoms with Gasteiger partial charge < -0.3 is 10.2 Å². The fourth-order valence-corrected chi connectivity index (χ4v) is 2.85. The van der Waals surface area contributed by atoms with Crippen LogP contribution in [0.25, 0.3) is 0 Å². The first-order chi connectivity index (χ1) is 11.0. The van der Waals surface area contributed by atoms with E-state index in [1.165, 1.54) is 6.07 Å². The molecule has 0 radical (unpaired) electrons. The van der Waals surface area contributed by atoms with Crippen LogP contribution in [0.15, 0.2) is 35.1 Å². The topological polar surface area (TPSA) is 78.1 Å². The lowest BCUT2D eigenvalue weighted by Crippen LogP contribution is -2.20. The van der Waals surface area contributed by atoms with Gasteiger partial charge in [-0.1, -0.05) is 29.8 Å². The van der Waals surface area contributed by atoms with Gasteiger partial charge in [0.1, 0.15) is 0 Å². The summed E-state index contributed by atoms with van der Waals surface area (Å²) in [5, 5.41) is 3.73. The normalized spacial score (nSPS) is 17.6. The van der Waals surface area contributed by atoms with Crippen molar-refractivity contribution in [2.45, 2.75) is 18.9 Å². The van der Waals surface area contributed by atoms with Crippen LogP contribution in [0.1, 0.15) is 23.6 Å². The maximum absolute atomic E-state index is 11.8. The molecular weight excluding hydrogens is 316 g/mol. The molecule has 0 aliphatic carbocycles. The van der Waals surface area contributed by atoms with Gasteiger partial charge in [0.15, 0.2) is 0 Å². The Balaban J connectivity index is 1.77. The summed E-state index contributed by atoms with van der Waals surface area (Å²) in [5.74, 6) is 0.410. The first-order valence-electron chi connectivity index (χ1n) is 7.35. The summed E-state index contributed by atoms with van der Waals surface area (Å²) >= 11 is 6.11. The van der Waals surface area contributed by atoms with Crippen LogP contribution in [-0.4, -0.2) is 34.4 Å². The highest BCUT2D eigenvalue weighted by Gasteiger charge is 2.29. The van der Waals surface area contributed by atoms with Crippen molar-refractivity contribution >= 4 is 23.5 Å². The van der Waals surface area contributed by atoms with Crippen molar-refractivity contribution in [2.75, 3.05) is 18.9 Å². The van der Waals surface area contributed by atoms with E-state index in [0.717, 1.165) is 5.56 Å². The van der Waals surface area contributed by atoms with Crippen LogP contribution in [0.2, 0.25) is 5.02 Å². The number of hydrogen-bond acceptors (Lipinski definition) is 4. The predicted molar refractivity (Wildman–Crippen MR) is 88.6 cm³/mol. The van der Waals surface area contributed by atoms with E-state index in [9.17, 15) is 9.59 Å². The minimum absolute atomic E-state index is 0.0457. The molecule has 2 aromatic rings. The number of rotatable bonds is 4. The number of nitrogens with one attached hydrogen (secondary N) is 2. The number of benzene rings is 1. The highest BCUT2D eigenvalue weighted by Crippen LogP contribution is 2.25. The fourth-order valence-electron chi connectivity index (χ4n) is 2.65. The van der Waals surface area contributed by atoms with Crippen LogP contribution in [0.5, 0.6) is 0 Å². The number of aromatic nitrogens is 2. The summed E-state index contributed by atoms with van der Waals surface area (Å²) in [5.41, 5.74) is 1.31. The molecule has 2 heterocycles. The molecule has 0 bridgehead atoms. The lowest BCUT2D eigenvalue weighted by Gasteiger charge is -2.12. The second-order valence-electron chi connectivity index (χ2n) is 5.64. The number of likely N-dealkylation sites (tertiary alicyclic amines) is 1. The molecule has 1 aromatic carbocycles. The number of likely N-dealkylation sites (N-methyl/N-ethyl adjacent to an activating group) is 1. The lowest BCUT2D eigenvalue weighted by atomic mass is 10.0. The standard InChI is InChI=1S/C16H17ClN4O2/c1-21-9-11(6-15(21)23)13-7-14(22)20-16(19-13)18-8-10-4-2-3-5-12(10)17/h2-5,7,11H,6,8-9H2,1H3,(H2,18,19,20,22)/t11-/m0/s1. The van der Waals surface area contributed by atoms with Gasteiger partial charge in [-0.25, -0.2) is 4.98 Å². The van der Waals surface area contributed by atoms with E-state index in [1.807, 2.05) is 24.3 Å². The Labute approximate surface area is 138 Å². The average Bonchev–Trinajstić information content (AvgIpc) is 2.86. The zero-order valence-corrected chi connectivity index (χ0v) is 13.4. The van der Waals surface area contributed by atoms with E-state index >= 15 is 0 Å². The molecule has 1 aliphatic heterocycles. The summed E-state index contributed by atoms with van der Waals surface area (Å²) in [6.07, 6.45) is 0.386. The van der Waals surface area contributed by atoms with Gasteiger partial charge in [-0.15, -0.1) is 0 Å². The molecule has 0 saturated carbocycles. The van der Waals surface area contributed by atoms with Gasteiger partial charge in [-0.3, -0.25) is 14.6 Å². The van der Waals surface area contributed by atoms with E-state index in [-0.39, 0.29) is 17.4 Å². The molecule has 0 spiro atoms. The monoisotopic (exact) mass is 332 g/mol. The van der Waals surface area contributed by atoms with E-state index in [4.69, 9.17) is 11.6 Å². The summed E-state index contributed by atoms with van der Waals surface area (Å²) in [6.45, 7) is 1.04. The Kier molecular flexibility index (Phi) is 4.34. The number of halogens is 1. The van der Waals surface area contributed by atoms with Crippen molar-refractivity contribution in [3.8, 4) is 0 Å². The molecule has 6 nitrogen and oxygen atoms in total. The Morgan fingerprint density at radius 2 is 2.17 bits per heavy atom. The molecule has 1 aliphatic rings. The molecule has 7 heteroatoms. The molecule has 2 N–H and O–H groups in total. The first-order valence-corrected chi connectivity index (χ1v) is 7.73. The van der Waals surface area contributed by atoms with E-state index in [2.05, 4.69) is 15.3 Å². The maximum atomic E-state index is 11.8. The molecule has 1 amide bonds. The minimum Gasteiger partial charge on any atom is -0.352 e. The quantitative estimate of drug-likeness (QED) is 0.897. The average molecular weight is 333 g/mol. The fraction of sp³-hybridized carbons (Fsp3) is 0.312. The van der Waals surface area contributed by atoms with Gasteiger partial charge in [-0.2, -0.15) is 0 Å². The number of amides is 1. The molecule has 23 heavy (non-hydrogen) atoms. The number of anilines is 1. The molecule has 1 aromatic heterocycles. The van der Waals surface area contributed by atoms with Crippen LogP contribution >= 0.6 is 11.6 Å². The lowest BCUT2D eigenvalue weighted by molar-refractivity contribution is -0.126. The Hall–Kier alpha value is -2.34. The van der Waals surface area contributed by atoms with Crippen molar-refractivity contribution in [1.82, 2.24) is 14.9 Å². The Bertz CT molecular complexity index is 790. The van der Waals surface area contributed by atoms with Gasteiger partial charge in [0.25, 0.3) is 5.56 Å². The SMILES string of the molecule is CN1C[C@@H](c2cc(=O)[nH]c(NCc3ccccc3Cl)n2)CC1=O. The van der Waals surface area contributed by atoms with E-state index in [1.54, 1.807) is 11.9 Å². The number of hydrogen-bond donors (Lipinski definition) is 2. The van der Waals surface area contributed by atoms with Crippen molar-refractivity contribution in [1.29, 1.82) is 0 Å². The largest absolute Gasteiger partial charge is 0.352 e. The molecule has 0 unspecified atom stereocenters. The third-order valence-corrected chi connectivity index (χ3v) is 4.29. The third kappa shape index (κ3) is 3.53. The zero-order valence-electron chi connectivity index (χ0n) is 12.7. The summed E-state index contributed by atoms with van der Waals surface area (Å²) in [7, 11) is 1.76. The van der Waals surface area contributed by atoms with Gasteiger partial charge in [0.05, 0.1) is 5.69 Å². The number of H-pyrrole nitrogens is 1. The van der Waals surface area contributed by atoms with Crippen LogP contribution in [-0.2, 0) is 11.3 Å². The molecule has 1 atom stereocenters. The zero-order chi connectivity index (χ0) is 16.4. The number of nitrogens with zero attached hydrogens (tertiary/aromatic N) is 2. The molecule has 1 saturated heterocycles. The molecule has 3 rings (SSSR count). The van der Waals surface area contributed by atoms with Crippen molar-refractivity contribution < 1.29 is 4.79 Å². The number of carbonyl (C=O) groups is 1. The minimum atomic E-state index is -0.237. The van der Waals surface area contributed by atoms with E-state index < -0.39 is 0 Å². The van der Waals surface area contributed by atoms with E-state index in [0.29, 0.717) is 36.2 Å². The van der Waals surface area contributed by atoms with Crippen molar-refractivity contribution in [2.24, 2.45) is 0 Å².